The van der Waals surface area contributed by atoms with Gasteiger partial charge in [0.25, 0.3) is 5.91 Å². The molecule has 0 N–H and O–H groups in total. The first-order chi connectivity index (χ1) is 14.1. The summed E-state index contributed by atoms with van der Waals surface area (Å²) in [7, 11) is 0. The SMILES string of the molecule is CCC(CC)N1CCN(C(=O)c2nc(N3CCSCC3)c3c(C)scc3n2)CC1. The van der Waals surface area contributed by atoms with Gasteiger partial charge < -0.3 is 9.80 Å². The summed E-state index contributed by atoms with van der Waals surface area (Å²) in [6.07, 6.45) is 2.33. The van der Waals surface area contributed by atoms with Crippen molar-refractivity contribution in [1.29, 1.82) is 0 Å². The van der Waals surface area contributed by atoms with Crippen molar-refractivity contribution in [2.24, 2.45) is 0 Å². The van der Waals surface area contributed by atoms with Gasteiger partial charge in [-0.2, -0.15) is 11.8 Å². The molecule has 8 heteroatoms. The molecule has 2 fully saturated rings. The molecule has 0 aromatic carbocycles. The summed E-state index contributed by atoms with van der Waals surface area (Å²) in [4.78, 5) is 30.8. The molecule has 0 spiro atoms. The van der Waals surface area contributed by atoms with Crippen LogP contribution in [0.4, 0.5) is 5.82 Å². The van der Waals surface area contributed by atoms with E-state index >= 15 is 0 Å². The molecule has 2 aliphatic rings. The highest BCUT2D eigenvalue weighted by Gasteiger charge is 2.28. The Balaban J connectivity index is 1.57. The number of nitrogens with zero attached hydrogens (tertiary/aromatic N) is 5. The minimum atomic E-state index is -0.0208. The lowest BCUT2D eigenvalue weighted by molar-refractivity contribution is 0.0549. The van der Waals surface area contributed by atoms with Crippen molar-refractivity contribution in [1.82, 2.24) is 19.8 Å². The van der Waals surface area contributed by atoms with Crippen LogP contribution in [-0.4, -0.2) is 82.5 Å². The molecule has 2 aromatic heterocycles. The van der Waals surface area contributed by atoms with Gasteiger partial charge in [0.2, 0.25) is 5.82 Å². The van der Waals surface area contributed by atoms with Crippen LogP contribution in [0.15, 0.2) is 5.38 Å². The number of carbonyl (C=O) groups excluding carboxylic acids is 1. The summed E-state index contributed by atoms with van der Waals surface area (Å²) < 4.78 is 0. The molecule has 0 atom stereocenters. The monoisotopic (exact) mass is 433 g/mol. The molecule has 0 bridgehead atoms. The number of anilines is 1. The number of aromatic nitrogens is 2. The van der Waals surface area contributed by atoms with Crippen molar-refractivity contribution < 1.29 is 4.79 Å². The van der Waals surface area contributed by atoms with E-state index in [1.165, 1.54) is 17.7 Å². The van der Waals surface area contributed by atoms with E-state index in [9.17, 15) is 4.79 Å². The Hall–Kier alpha value is -1.38. The highest BCUT2D eigenvalue weighted by molar-refractivity contribution is 7.99. The van der Waals surface area contributed by atoms with E-state index in [0.29, 0.717) is 11.9 Å². The minimum Gasteiger partial charge on any atom is -0.354 e. The predicted molar refractivity (Wildman–Crippen MR) is 124 cm³/mol. The fourth-order valence-electron chi connectivity index (χ4n) is 4.43. The molecule has 1 amide bonds. The number of fused-ring (bicyclic) bond motifs is 1. The van der Waals surface area contributed by atoms with Gasteiger partial charge in [0.15, 0.2) is 0 Å². The van der Waals surface area contributed by atoms with Crippen LogP contribution in [0, 0.1) is 6.92 Å². The first-order valence-corrected chi connectivity index (χ1v) is 12.8. The van der Waals surface area contributed by atoms with Crippen LogP contribution < -0.4 is 4.90 Å². The van der Waals surface area contributed by atoms with Crippen molar-refractivity contribution in [3.05, 3.63) is 16.1 Å². The standard InChI is InChI=1S/C21H31N5OS2/c1-4-16(5-2)24-6-8-26(9-7-24)21(27)19-22-17-14-29-15(3)18(17)20(23-19)25-10-12-28-13-11-25/h14,16H,4-13H2,1-3H3. The second kappa shape index (κ2) is 9.18. The largest absolute Gasteiger partial charge is 0.354 e. The zero-order valence-corrected chi connectivity index (χ0v) is 19.3. The molecule has 0 radical (unpaired) electrons. The number of hydrogen-bond acceptors (Lipinski definition) is 7. The lowest BCUT2D eigenvalue weighted by Gasteiger charge is -2.38. The normalized spacial score (nSPS) is 18.8. The summed E-state index contributed by atoms with van der Waals surface area (Å²) >= 11 is 3.68. The maximum absolute atomic E-state index is 13.3. The highest BCUT2D eigenvalue weighted by atomic mass is 32.2. The lowest BCUT2D eigenvalue weighted by atomic mass is 10.1. The fraction of sp³-hybridized carbons (Fsp3) is 0.667. The van der Waals surface area contributed by atoms with Crippen LogP contribution in [0.1, 0.15) is 42.2 Å². The van der Waals surface area contributed by atoms with Gasteiger partial charge in [0.1, 0.15) is 5.82 Å². The third-order valence-electron chi connectivity index (χ3n) is 6.18. The van der Waals surface area contributed by atoms with Crippen LogP contribution in [0.5, 0.6) is 0 Å². The van der Waals surface area contributed by atoms with Gasteiger partial charge in [-0.05, 0) is 19.8 Å². The summed E-state index contributed by atoms with van der Waals surface area (Å²) in [5, 5.41) is 3.19. The number of carbonyl (C=O) groups is 1. The van der Waals surface area contributed by atoms with E-state index in [2.05, 4.69) is 40.9 Å². The highest BCUT2D eigenvalue weighted by Crippen LogP contribution is 2.33. The predicted octanol–water partition coefficient (Wildman–Crippen LogP) is 3.50. The van der Waals surface area contributed by atoms with E-state index in [1.807, 2.05) is 16.7 Å². The number of rotatable bonds is 5. The maximum atomic E-state index is 13.3. The van der Waals surface area contributed by atoms with Gasteiger partial charge in [-0.25, -0.2) is 9.97 Å². The van der Waals surface area contributed by atoms with E-state index < -0.39 is 0 Å². The second-order valence-corrected chi connectivity index (χ2v) is 10.1. The summed E-state index contributed by atoms with van der Waals surface area (Å²) in [6.45, 7) is 12.0. The van der Waals surface area contributed by atoms with Gasteiger partial charge in [0, 0.05) is 67.1 Å². The molecular formula is C21H31N5OS2. The Labute approximate surface area is 181 Å². The maximum Gasteiger partial charge on any atom is 0.291 e. The Kier molecular flexibility index (Phi) is 6.61. The van der Waals surface area contributed by atoms with Crippen molar-refractivity contribution in [2.45, 2.75) is 39.7 Å². The molecule has 0 unspecified atom stereocenters. The van der Waals surface area contributed by atoms with Crippen molar-refractivity contribution in [3.63, 3.8) is 0 Å². The molecular weight excluding hydrogens is 402 g/mol. The fourth-order valence-corrected chi connectivity index (χ4v) is 6.10. The molecule has 2 saturated heterocycles. The third kappa shape index (κ3) is 4.25. The number of thiophene rings is 1. The van der Waals surface area contributed by atoms with E-state index in [-0.39, 0.29) is 5.91 Å². The molecule has 4 rings (SSSR count). The van der Waals surface area contributed by atoms with E-state index in [1.54, 1.807) is 11.3 Å². The van der Waals surface area contributed by atoms with Crippen LogP contribution in [0.3, 0.4) is 0 Å². The van der Waals surface area contributed by atoms with E-state index in [4.69, 9.17) is 4.98 Å². The van der Waals surface area contributed by atoms with Gasteiger partial charge in [-0.1, -0.05) is 13.8 Å². The first-order valence-electron chi connectivity index (χ1n) is 10.7. The van der Waals surface area contributed by atoms with Crippen LogP contribution in [0.2, 0.25) is 0 Å². The second-order valence-electron chi connectivity index (χ2n) is 7.82. The van der Waals surface area contributed by atoms with E-state index in [0.717, 1.165) is 67.5 Å². The molecule has 6 nitrogen and oxygen atoms in total. The van der Waals surface area contributed by atoms with Gasteiger partial charge in [-0.15, -0.1) is 11.3 Å². The molecule has 29 heavy (non-hydrogen) atoms. The smallest absolute Gasteiger partial charge is 0.291 e. The summed E-state index contributed by atoms with van der Waals surface area (Å²) in [6, 6.07) is 0.622. The quantitative estimate of drug-likeness (QED) is 0.719. The Morgan fingerprint density at radius 3 is 2.41 bits per heavy atom. The first kappa shape index (κ1) is 20.9. The Bertz CT molecular complexity index is 852. The number of hydrogen-bond donors (Lipinski definition) is 0. The van der Waals surface area contributed by atoms with Crippen molar-refractivity contribution >= 4 is 45.7 Å². The lowest BCUT2D eigenvalue weighted by Crippen LogP contribution is -2.52. The third-order valence-corrected chi connectivity index (χ3v) is 8.02. The topological polar surface area (TPSA) is 52.6 Å². The van der Waals surface area contributed by atoms with Crippen LogP contribution in [0.25, 0.3) is 10.9 Å². The Morgan fingerprint density at radius 1 is 1.07 bits per heavy atom. The summed E-state index contributed by atoms with van der Waals surface area (Å²) in [5.41, 5.74) is 0.912. The zero-order valence-electron chi connectivity index (χ0n) is 17.7. The number of piperazine rings is 1. The van der Waals surface area contributed by atoms with Gasteiger partial charge in [0.05, 0.1) is 10.9 Å². The Morgan fingerprint density at radius 2 is 1.76 bits per heavy atom. The number of amides is 1. The molecule has 0 saturated carbocycles. The molecule has 0 aliphatic carbocycles. The average Bonchev–Trinajstić information content (AvgIpc) is 3.15. The van der Waals surface area contributed by atoms with Crippen LogP contribution >= 0.6 is 23.1 Å². The molecule has 158 valence electrons. The minimum absolute atomic E-state index is 0.0208. The van der Waals surface area contributed by atoms with Crippen LogP contribution in [-0.2, 0) is 0 Å². The summed E-state index contributed by atoms with van der Waals surface area (Å²) in [5.74, 6) is 3.51. The van der Waals surface area contributed by atoms with Gasteiger partial charge >= 0.3 is 0 Å². The average molecular weight is 434 g/mol. The number of thioether (sulfide) groups is 1. The molecule has 4 heterocycles. The molecule has 2 aromatic rings. The van der Waals surface area contributed by atoms with Gasteiger partial charge in [-0.3, -0.25) is 9.69 Å². The zero-order chi connectivity index (χ0) is 20.4. The van der Waals surface area contributed by atoms with Crippen molar-refractivity contribution in [3.8, 4) is 0 Å². The number of aryl methyl sites for hydroxylation is 1. The molecule has 2 aliphatic heterocycles. The van der Waals surface area contributed by atoms with Crippen molar-refractivity contribution in [2.75, 3.05) is 55.7 Å².